The van der Waals surface area contributed by atoms with E-state index in [4.69, 9.17) is 10.5 Å². The minimum absolute atomic E-state index is 0.209. The number of benzene rings is 1. The summed E-state index contributed by atoms with van der Waals surface area (Å²) >= 11 is 1.54. The largest absolute Gasteiger partial charge is 0.496 e. The minimum Gasteiger partial charge on any atom is -0.496 e. The van der Waals surface area contributed by atoms with Crippen LogP contribution in [0.15, 0.2) is 35.7 Å². The van der Waals surface area contributed by atoms with Crippen molar-refractivity contribution in [2.24, 2.45) is 5.73 Å². The van der Waals surface area contributed by atoms with Gasteiger partial charge in [-0.1, -0.05) is 25.1 Å². The third-order valence-electron chi connectivity index (χ3n) is 3.38. The van der Waals surface area contributed by atoms with Crippen LogP contribution in [0.5, 0.6) is 5.75 Å². The van der Waals surface area contributed by atoms with E-state index in [0.29, 0.717) is 12.1 Å². The molecule has 1 aromatic heterocycles. The van der Waals surface area contributed by atoms with E-state index in [1.165, 1.54) is 0 Å². The number of ether oxygens (including phenoxy) is 1. The van der Waals surface area contributed by atoms with Crippen LogP contribution in [0.1, 0.15) is 40.2 Å². The number of carbonyl (C=O) groups is 1. The average molecular weight is 304 g/mol. The Morgan fingerprint density at radius 2 is 2.19 bits per heavy atom. The summed E-state index contributed by atoms with van der Waals surface area (Å²) in [6.45, 7) is 2.84. The van der Waals surface area contributed by atoms with Crippen LogP contribution in [-0.2, 0) is 6.54 Å². The lowest BCUT2D eigenvalue weighted by molar-refractivity contribution is 0.100. The molecular formula is C16H20N2O2S. The molecule has 0 saturated carbocycles. The first-order valence-corrected chi connectivity index (χ1v) is 7.77. The van der Waals surface area contributed by atoms with Gasteiger partial charge in [0.25, 0.3) is 0 Å². The fraction of sp³-hybridized carbons (Fsp3) is 0.312. The summed E-state index contributed by atoms with van der Waals surface area (Å²) in [5, 5.41) is 5.30. The molecule has 0 fully saturated rings. The van der Waals surface area contributed by atoms with Gasteiger partial charge < -0.3 is 15.8 Å². The molecule has 112 valence electrons. The van der Waals surface area contributed by atoms with Gasteiger partial charge in [0.2, 0.25) is 5.91 Å². The zero-order valence-electron chi connectivity index (χ0n) is 12.3. The monoisotopic (exact) mass is 304 g/mol. The maximum Gasteiger partial charge on any atom is 0.249 e. The first-order valence-electron chi connectivity index (χ1n) is 6.89. The van der Waals surface area contributed by atoms with E-state index in [1.807, 2.05) is 24.3 Å². The highest BCUT2D eigenvalue weighted by Crippen LogP contribution is 2.27. The number of nitrogens with one attached hydrogen (secondary N) is 1. The highest BCUT2D eigenvalue weighted by molar-refractivity contribution is 7.10. The number of rotatable bonds is 7. The maximum atomic E-state index is 11.1. The Morgan fingerprint density at radius 1 is 1.43 bits per heavy atom. The molecule has 0 aliphatic heterocycles. The second kappa shape index (κ2) is 7.24. The van der Waals surface area contributed by atoms with Crippen LogP contribution < -0.4 is 15.8 Å². The van der Waals surface area contributed by atoms with Crippen molar-refractivity contribution in [3.8, 4) is 5.75 Å². The molecule has 0 spiro atoms. The van der Waals surface area contributed by atoms with E-state index >= 15 is 0 Å². The summed E-state index contributed by atoms with van der Waals surface area (Å²) in [5.74, 6) is 0.509. The standard InChI is InChI=1S/C16H20N2O2S/c1-3-14(13-6-4-5-7-15(13)20-2)18-9-12-8-11(10-21-12)16(17)19/h4-8,10,14,18H,3,9H2,1-2H3,(H2,17,19). The van der Waals surface area contributed by atoms with Crippen LogP contribution in [0.2, 0.25) is 0 Å². The van der Waals surface area contributed by atoms with Gasteiger partial charge in [-0.05, 0) is 18.6 Å². The Kier molecular flexibility index (Phi) is 5.36. The topological polar surface area (TPSA) is 64.3 Å². The van der Waals surface area contributed by atoms with E-state index in [0.717, 1.165) is 22.6 Å². The number of para-hydroxylation sites is 1. The number of primary amides is 1. The van der Waals surface area contributed by atoms with Gasteiger partial charge in [-0.15, -0.1) is 11.3 Å². The van der Waals surface area contributed by atoms with Crippen molar-refractivity contribution in [1.82, 2.24) is 5.32 Å². The summed E-state index contributed by atoms with van der Waals surface area (Å²) in [6.07, 6.45) is 0.953. The van der Waals surface area contributed by atoms with Gasteiger partial charge in [0.15, 0.2) is 0 Å². The first-order chi connectivity index (χ1) is 10.2. The molecule has 4 nitrogen and oxygen atoms in total. The van der Waals surface area contributed by atoms with Crippen molar-refractivity contribution in [1.29, 1.82) is 0 Å². The molecular weight excluding hydrogens is 284 g/mol. The summed E-state index contributed by atoms with van der Waals surface area (Å²) in [4.78, 5) is 12.2. The quantitative estimate of drug-likeness (QED) is 0.826. The average Bonchev–Trinajstić information content (AvgIpc) is 2.97. The molecule has 0 saturated heterocycles. The van der Waals surface area contributed by atoms with Gasteiger partial charge in [-0.25, -0.2) is 0 Å². The molecule has 1 amide bonds. The van der Waals surface area contributed by atoms with Crippen LogP contribution in [0, 0.1) is 0 Å². The zero-order valence-corrected chi connectivity index (χ0v) is 13.1. The molecule has 0 aliphatic rings. The Bertz CT molecular complexity index is 610. The summed E-state index contributed by atoms with van der Waals surface area (Å²) in [6, 6.07) is 10.1. The molecule has 1 aromatic carbocycles. The second-order valence-corrected chi connectivity index (χ2v) is 5.75. The van der Waals surface area contributed by atoms with Crippen LogP contribution in [0.25, 0.3) is 0 Å². The smallest absolute Gasteiger partial charge is 0.249 e. The zero-order chi connectivity index (χ0) is 15.2. The highest BCUT2D eigenvalue weighted by Gasteiger charge is 2.14. The predicted molar refractivity (Wildman–Crippen MR) is 85.7 cm³/mol. The van der Waals surface area contributed by atoms with Gasteiger partial charge in [-0.2, -0.15) is 0 Å². The number of nitrogens with two attached hydrogens (primary N) is 1. The van der Waals surface area contributed by atoms with E-state index in [2.05, 4.69) is 18.3 Å². The van der Waals surface area contributed by atoms with E-state index in [-0.39, 0.29) is 11.9 Å². The lowest BCUT2D eigenvalue weighted by Gasteiger charge is -2.19. The van der Waals surface area contributed by atoms with Gasteiger partial charge >= 0.3 is 0 Å². The molecule has 1 atom stereocenters. The molecule has 0 aliphatic carbocycles. The normalized spacial score (nSPS) is 12.1. The molecule has 21 heavy (non-hydrogen) atoms. The minimum atomic E-state index is -0.380. The van der Waals surface area contributed by atoms with Crippen molar-refractivity contribution >= 4 is 17.2 Å². The first kappa shape index (κ1) is 15.5. The van der Waals surface area contributed by atoms with Crippen LogP contribution >= 0.6 is 11.3 Å². The number of hydrogen-bond acceptors (Lipinski definition) is 4. The molecule has 0 bridgehead atoms. The van der Waals surface area contributed by atoms with Crippen molar-refractivity contribution in [3.63, 3.8) is 0 Å². The Labute approximate surface area is 128 Å². The molecule has 2 aromatic rings. The van der Waals surface area contributed by atoms with Gasteiger partial charge in [0, 0.05) is 28.4 Å². The number of carbonyl (C=O) groups excluding carboxylic acids is 1. The van der Waals surface area contributed by atoms with E-state index < -0.39 is 0 Å². The SMILES string of the molecule is CCC(NCc1cc(C(N)=O)cs1)c1ccccc1OC. The predicted octanol–water partition coefficient (Wildman–Crippen LogP) is 3.10. The maximum absolute atomic E-state index is 11.1. The lowest BCUT2D eigenvalue weighted by atomic mass is 10.0. The van der Waals surface area contributed by atoms with Crippen LogP contribution in [0.3, 0.4) is 0 Å². The van der Waals surface area contributed by atoms with Gasteiger partial charge in [-0.3, -0.25) is 4.79 Å². The third kappa shape index (κ3) is 3.83. The fourth-order valence-electron chi connectivity index (χ4n) is 2.25. The molecule has 3 N–H and O–H groups in total. The Morgan fingerprint density at radius 3 is 2.81 bits per heavy atom. The Hall–Kier alpha value is -1.85. The Balaban J connectivity index is 2.06. The number of hydrogen-bond donors (Lipinski definition) is 2. The summed E-state index contributed by atoms with van der Waals surface area (Å²) in [7, 11) is 1.68. The van der Waals surface area contributed by atoms with Crippen molar-refractivity contribution in [3.05, 3.63) is 51.7 Å². The summed E-state index contributed by atoms with van der Waals surface area (Å²) in [5.41, 5.74) is 6.99. The van der Waals surface area contributed by atoms with Gasteiger partial charge in [0.05, 0.1) is 12.7 Å². The number of amides is 1. The van der Waals surface area contributed by atoms with E-state index in [1.54, 1.807) is 23.8 Å². The number of thiophene rings is 1. The van der Waals surface area contributed by atoms with Crippen molar-refractivity contribution in [2.75, 3.05) is 7.11 Å². The lowest BCUT2D eigenvalue weighted by Crippen LogP contribution is -2.20. The van der Waals surface area contributed by atoms with Gasteiger partial charge in [0.1, 0.15) is 5.75 Å². The molecule has 2 rings (SSSR count). The highest BCUT2D eigenvalue weighted by atomic mass is 32.1. The van der Waals surface area contributed by atoms with E-state index in [9.17, 15) is 4.79 Å². The summed E-state index contributed by atoms with van der Waals surface area (Å²) < 4.78 is 5.42. The van der Waals surface area contributed by atoms with Crippen LogP contribution in [0.4, 0.5) is 0 Å². The third-order valence-corrected chi connectivity index (χ3v) is 4.32. The molecule has 1 unspecified atom stereocenters. The fourth-order valence-corrected chi connectivity index (χ4v) is 3.08. The van der Waals surface area contributed by atoms with Crippen molar-refractivity contribution < 1.29 is 9.53 Å². The molecule has 0 radical (unpaired) electrons. The molecule has 1 heterocycles. The molecule has 5 heteroatoms. The van der Waals surface area contributed by atoms with Crippen LogP contribution in [-0.4, -0.2) is 13.0 Å². The number of methoxy groups -OCH3 is 1. The van der Waals surface area contributed by atoms with Crippen molar-refractivity contribution in [2.45, 2.75) is 25.9 Å². The second-order valence-electron chi connectivity index (χ2n) is 4.75.